The van der Waals surface area contributed by atoms with Gasteiger partial charge in [0.15, 0.2) is 10.1 Å². The van der Waals surface area contributed by atoms with Crippen molar-refractivity contribution in [3.8, 4) is 33.6 Å². The molecule has 0 unspecified atom stereocenters. The summed E-state index contributed by atoms with van der Waals surface area (Å²) in [4.78, 5) is 0. The molecule has 0 atom stereocenters. The standard InChI is InChI=1S/C29H30N.CHF3O3S/c1-2-3-4-14-21-30-28(25-17-10-6-11-18-25)22-27(24-15-8-5-9-16-24)23-29(30)26-19-12-7-13-20-26;2-1(3,4)8(5,6)7/h5-13,15-20,22-23H,2-4,14,21H2,1H3;(H,5,6,7)/q+1;/p-1. The number of halogens is 3. The minimum Gasteiger partial charge on any atom is -0.741 e. The smallest absolute Gasteiger partial charge is 0.485 e. The van der Waals surface area contributed by atoms with Crippen LogP contribution < -0.4 is 4.57 Å². The maximum Gasteiger partial charge on any atom is 0.485 e. The van der Waals surface area contributed by atoms with Crippen LogP contribution in [-0.4, -0.2) is 18.5 Å². The molecule has 1 aromatic heterocycles. The highest BCUT2D eigenvalue weighted by Crippen LogP contribution is 2.29. The van der Waals surface area contributed by atoms with Crippen LogP contribution in [0.2, 0.25) is 0 Å². The lowest BCUT2D eigenvalue weighted by Crippen LogP contribution is -2.39. The quantitative estimate of drug-likeness (QED) is 0.0998. The third-order valence-electron chi connectivity index (χ3n) is 5.93. The number of nitrogens with zero attached hydrogens (tertiary/aromatic N) is 1. The van der Waals surface area contributed by atoms with Crippen molar-refractivity contribution in [1.82, 2.24) is 0 Å². The number of unbranched alkanes of at least 4 members (excludes halogenated alkanes) is 3. The van der Waals surface area contributed by atoms with E-state index in [0.717, 1.165) is 6.54 Å². The van der Waals surface area contributed by atoms with Crippen LogP contribution in [0, 0.1) is 0 Å². The molecule has 38 heavy (non-hydrogen) atoms. The summed E-state index contributed by atoms with van der Waals surface area (Å²) in [7, 11) is -6.09. The first-order valence-electron chi connectivity index (χ1n) is 12.4. The SMILES string of the molecule is CCCCCC[n+]1c(-c2ccccc2)cc(-c2ccccc2)cc1-c1ccccc1.O=S(=O)([O-])C(F)(F)F. The third-order valence-corrected chi connectivity index (χ3v) is 6.50. The van der Waals surface area contributed by atoms with Gasteiger partial charge < -0.3 is 4.55 Å². The topological polar surface area (TPSA) is 61.1 Å². The molecule has 0 saturated heterocycles. The highest BCUT2D eigenvalue weighted by Gasteiger charge is 2.36. The molecule has 0 fully saturated rings. The maximum absolute atomic E-state index is 10.7. The van der Waals surface area contributed by atoms with Gasteiger partial charge in [-0.15, -0.1) is 0 Å². The molecule has 0 radical (unpaired) electrons. The van der Waals surface area contributed by atoms with Crippen molar-refractivity contribution in [2.75, 3.05) is 0 Å². The summed E-state index contributed by atoms with van der Waals surface area (Å²) in [6.07, 6.45) is 5.02. The summed E-state index contributed by atoms with van der Waals surface area (Å²) in [5.74, 6) is 0. The van der Waals surface area contributed by atoms with Crippen molar-refractivity contribution in [2.24, 2.45) is 0 Å². The lowest BCUT2D eigenvalue weighted by atomic mass is 9.98. The first kappa shape index (κ1) is 29.1. The zero-order valence-electron chi connectivity index (χ0n) is 21.1. The minimum absolute atomic E-state index is 1.03. The number of aromatic nitrogens is 1. The van der Waals surface area contributed by atoms with E-state index in [-0.39, 0.29) is 0 Å². The summed E-state index contributed by atoms with van der Waals surface area (Å²) in [6, 6.07) is 37.0. The predicted octanol–water partition coefficient (Wildman–Crippen LogP) is 7.61. The number of pyridine rings is 1. The monoisotopic (exact) mass is 541 g/mol. The summed E-state index contributed by atoms with van der Waals surface area (Å²) in [5.41, 5.74) is 1.97. The van der Waals surface area contributed by atoms with E-state index in [0.29, 0.717) is 0 Å². The normalized spacial score (nSPS) is 11.5. The summed E-state index contributed by atoms with van der Waals surface area (Å²) in [5, 5.41) is 0. The fourth-order valence-electron chi connectivity index (χ4n) is 4.05. The highest BCUT2D eigenvalue weighted by atomic mass is 32.2. The van der Waals surface area contributed by atoms with Crippen molar-refractivity contribution >= 4 is 10.1 Å². The molecule has 0 bridgehead atoms. The van der Waals surface area contributed by atoms with Crippen LogP contribution in [0.1, 0.15) is 32.6 Å². The van der Waals surface area contributed by atoms with Gasteiger partial charge in [-0.25, -0.2) is 8.42 Å². The van der Waals surface area contributed by atoms with E-state index in [1.54, 1.807) is 0 Å². The molecule has 0 spiro atoms. The Morgan fingerprint density at radius 3 is 1.42 bits per heavy atom. The Balaban J connectivity index is 0.000000436. The van der Waals surface area contributed by atoms with E-state index >= 15 is 0 Å². The molecule has 0 amide bonds. The molecular formula is C30H30F3NO3S. The zero-order chi connectivity index (χ0) is 27.6. The van der Waals surface area contributed by atoms with Crippen LogP contribution in [0.15, 0.2) is 103 Å². The van der Waals surface area contributed by atoms with Crippen LogP contribution in [0.25, 0.3) is 33.6 Å². The predicted molar refractivity (Wildman–Crippen MR) is 143 cm³/mol. The van der Waals surface area contributed by atoms with E-state index in [1.807, 2.05) is 0 Å². The second-order valence-electron chi connectivity index (χ2n) is 8.72. The molecule has 3 aromatic carbocycles. The largest absolute Gasteiger partial charge is 0.741 e. The Hall–Kier alpha value is -3.49. The van der Waals surface area contributed by atoms with E-state index in [2.05, 4.69) is 115 Å². The van der Waals surface area contributed by atoms with Crippen LogP contribution in [0.5, 0.6) is 0 Å². The number of hydrogen-bond donors (Lipinski definition) is 0. The lowest BCUT2D eigenvalue weighted by molar-refractivity contribution is -0.675. The van der Waals surface area contributed by atoms with Gasteiger partial charge in [0.2, 0.25) is 11.4 Å². The van der Waals surface area contributed by atoms with Gasteiger partial charge in [-0.05, 0) is 41.8 Å². The summed E-state index contributed by atoms with van der Waals surface area (Å²) in [6.45, 7) is 3.30. The van der Waals surface area contributed by atoms with Gasteiger partial charge in [-0.1, -0.05) is 86.5 Å². The molecule has 0 aliphatic rings. The van der Waals surface area contributed by atoms with Crippen LogP contribution in [-0.2, 0) is 16.7 Å². The Morgan fingerprint density at radius 2 is 1.05 bits per heavy atom. The molecule has 4 aromatic rings. The summed E-state index contributed by atoms with van der Waals surface area (Å²) >= 11 is 0. The fraction of sp³-hybridized carbons (Fsp3) is 0.233. The average molecular weight is 542 g/mol. The molecule has 200 valence electrons. The molecule has 0 N–H and O–H groups in total. The van der Waals surface area contributed by atoms with Gasteiger partial charge in [-0.2, -0.15) is 17.7 Å². The van der Waals surface area contributed by atoms with Crippen molar-refractivity contribution in [3.63, 3.8) is 0 Å². The van der Waals surface area contributed by atoms with E-state index in [9.17, 15) is 13.2 Å². The number of alkyl halides is 3. The van der Waals surface area contributed by atoms with Crippen molar-refractivity contribution in [1.29, 1.82) is 0 Å². The van der Waals surface area contributed by atoms with Crippen molar-refractivity contribution in [2.45, 2.75) is 44.7 Å². The van der Waals surface area contributed by atoms with Gasteiger partial charge in [0.1, 0.15) is 6.54 Å². The molecule has 0 aliphatic heterocycles. The number of rotatable bonds is 8. The number of benzene rings is 3. The van der Waals surface area contributed by atoms with Gasteiger partial charge >= 0.3 is 5.51 Å². The average Bonchev–Trinajstić information content (AvgIpc) is 2.91. The minimum atomic E-state index is -6.09. The van der Waals surface area contributed by atoms with Crippen LogP contribution in [0.3, 0.4) is 0 Å². The molecule has 0 saturated carbocycles. The van der Waals surface area contributed by atoms with E-state index in [4.69, 9.17) is 13.0 Å². The second kappa shape index (κ2) is 13.3. The molecule has 4 nitrogen and oxygen atoms in total. The fourth-order valence-corrected chi connectivity index (χ4v) is 4.05. The molecule has 8 heteroatoms. The van der Waals surface area contributed by atoms with Gasteiger partial charge in [0.05, 0.1) is 0 Å². The van der Waals surface area contributed by atoms with Crippen LogP contribution >= 0.6 is 0 Å². The lowest BCUT2D eigenvalue weighted by Gasteiger charge is -2.13. The summed E-state index contributed by atoms with van der Waals surface area (Å²) < 4.78 is 61.4. The molecule has 1 heterocycles. The van der Waals surface area contributed by atoms with Gasteiger partial charge in [0.25, 0.3) is 0 Å². The molecular weight excluding hydrogens is 511 g/mol. The second-order valence-corrected chi connectivity index (χ2v) is 10.1. The Morgan fingerprint density at radius 1 is 0.658 bits per heavy atom. The molecule has 0 aliphatic carbocycles. The van der Waals surface area contributed by atoms with Crippen molar-refractivity contribution in [3.05, 3.63) is 103 Å². The first-order chi connectivity index (χ1) is 18.1. The van der Waals surface area contributed by atoms with Gasteiger partial charge in [-0.3, -0.25) is 0 Å². The maximum atomic E-state index is 10.7. The Bertz CT molecular complexity index is 1330. The Labute approximate surface area is 222 Å². The van der Waals surface area contributed by atoms with E-state index in [1.165, 1.54) is 59.3 Å². The van der Waals surface area contributed by atoms with Crippen LogP contribution in [0.4, 0.5) is 13.2 Å². The Kier molecular flexibility index (Phi) is 10.2. The third kappa shape index (κ3) is 8.00. The molecule has 4 rings (SSSR count). The van der Waals surface area contributed by atoms with Gasteiger partial charge in [0, 0.05) is 29.7 Å². The van der Waals surface area contributed by atoms with Crippen molar-refractivity contribution < 1.29 is 30.7 Å². The number of hydrogen-bond acceptors (Lipinski definition) is 3. The zero-order valence-corrected chi connectivity index (χ0v) is 21.9. The highest BCUT2D eigenvalue weighted by molar-refractivity contribution is 7.86. The first-order valence-corrected chi connectivity index (χ1v) is 13.8. The van der Waals surface area contributed by atoms with E-state index < -0.39 is 15.6 Å².